The second kappa shape index (κ2) is 5.95. The molecule has 0 radical (unpaired) electrons. The number of amides is 1. The second-order valence-corrected chi connectivity index (χ2v) is 4.36. The summed E-state index contributed by atoms with van der Waals surface area (Å²) in [6, 6.07) is 7.39. The molecule has 0 fully saturated rings. The molecule has 2 atom stereocenters. The molecule has 0 heterocycles. The molecule has 0 bridgehead atoms. The van der Waals surface area contributed by atoms with E-state index in [1.807, 2.05) is 24.3 Å². The van der Waals surface area contributed by atoms with E-state index < -0.39 is 6.10 Å². The Kier molecular flexibility index (Phi) is 4.30. The molecule has 0 saturated heterocycles. The van der Waals surface area contributed by atoms with Crippen molar-refractivity contribution in [1.29, 1.82) is 0 Å². The van der Waals surface area contributed by atoms with Gasteiger partial charge in [-0.25, -0.2) is 0 Å². The number of aliphatic hydroxyl groups excluding tert-OH is 1. The molecule has 0 aliphatic heterocycles. The Morgan fingerprint density at radius 2 is 2.28 bits per heavy atom. The number of hydrogen-bond donors (Lipinski definition) is 3. The van der Waals surface area contributed by atoms with Crippen LogP contribution in [0.15, 0.2) is 24.3 Å². The maximum absolute atomic E-state index is 11.6. The van der Waals surface area contributed by atoms with Gasteiger partial charge in [0.25, 0.3) is 0 Å². The summed E-state index contributed by atoms with van der Waals surface area (Å²) in [5.74, 6) is -0.232. The Hall–Kier alpha value is -1.43. The van der Waals surface area contributed by atoms with Crippen molar-refractivity contribution in [3.8, 4) is 0 Å². The first kappa shape index (κ1) is 13.0. The first-order valence-corrected chi connectivity index (χ1v) is 6.05. The molecule has 1 aliphatic rings. The van der Waals surface area contributed by atoms with Gasteiger partial charge in [0.2, 0.25) is 5.91 Å². The zero-order chi connectivity index (χ0) is 13.0. The molecule has 2 rings (SSSR count). The Labute approximate surface area is 106 Å². The number of benzene rings is 1. The lowest BCUT2D eigenvalue weighted by Gasteiger charge is -2.17. The van der Waals surface area contributed by atoms with Gasteiger partial charge in [0, 0.05) is 13.0 Å². The molecule has 1 amide bonds. The SMILES string of the molecule is NCCOCC(=O)N[C@@H]1c2ccccc2C[C@@H]1O. The summed E-state index contributed by atoms with van der Waals surface area (Å²) in [7, 11) is 0. The van der Waals surface area contributed by atoms with Crippen LogP contribution in [0.4, 0.5) is 0 Å². The number of nitrogens with two attached hydrogens (primary N) is 1. The fraction of sp³-hybridized carbons (Fsp3) is 0.462. The highest BCUT2D eigenvalue weighted by atomic mass is 16.5. The minimum Gasteiger partial charge on any atom is -0.390 e. The molecule has 4 N–H and O–H groups in total. The zero-order valence-corrected chi connectivity index (χ0v) is 10.1. The number of hydrogen-bond acceptors (Lipinski definition) is 4. The quantitative estimate of drug-likeness (QED) is 0.628. The van der Waals surface area contributed by atoms with E-state index in [-0.39, 0.29) is 18.6 Å². The number of rotatable bonds is 5. The minimum absolute atomic E-state index is 0.0252. The van der Waals surface area contributed by atoms with E-state index in [1.165, 1.54) is 0 Å². The molecule has 1 aromatic rings. The Morgan fingerprint density at radius 3 is 3.06 bits per heavy atom. The molecule has 18 heavy (non-hydrogen) atoms. The standard InChI is InChI=1S/C13H18N2O3/c14-5-6-18-8-12(17)15-13-10-4-2-1-3-9(10)7-11(13)16/h1-4,11,13,16H,5-8,14H2,(H,15,17)/t11-,13+/m0/s1. The Balaban J connectivity index is 1.95. The Morgan fingerprint density at radius 1 is 1.50 bits per heavy atom. The van der Waals surface area contributed by atoms with Gasteiger partial charge in [0.05, 0.1) is 18.8 Å². The predicted molar refractivity (Wildman–Crippen MR) is 66.9 cm³/mol. The third-order valence-electron chi connectivity index (χ3n) is 3.02. The summed E-state index contributed by atoms with van der Waals surface area (Å²) >= 11 is 0. The van der Waals surface area contributed by atoms with E-state index in [9.17, 15) is 9.90 Å². The van der Waals surface area contributed by atoms with Gasteiger partial charge in [-0.2, -0.15) is 0 Å². The third-order valence-corrected chi connectivity index (χ3v) is 3.02. The van der Waals surface area contributed by atoms with Gasteiger partial charge in [-0.15, -0.1) is 0 Å². The van der Waals surface area contributed by atoms with E-state index in [1.54, 1.807) is 0 Å². The maximum atomic E-state index is 11.6. The summed E-state index contributed by atoms with van der Waals surface area (Å²) in [5, 5.41) is 12.7. The molecule has 5 heteroatoms. The van der Waals surface area contributed by atoms with Crippen molar-refractivity contribution < 1.29 is 14.6 Å². The minimum atomic E-state index is -0.569. The van der Waals surface area contributed by atoms with Gasteiger partial charge in [-0.1, -0.05) is 24.3 Å². The predicted octanol–water partition coefficient (Wildman–Crippen LogP) is -0.264. The molecular weight excluding hydrogens is 232 g/mol. The Bertz CT molecular complexity index is 422. The van der Waals surface area contributed by atoms with E-state index in [0.717, 1.165) is 11.1 Å². The van der Waals surface area contributed by atoms with Crippen molar-refractivity contribution in [2.24, 2.45) is 5.73 Å². The van der Waals surface area contributed by atoms with Gasteiger partial charge in [0.15, 0.2) is 0 Å². The van der Waals surface area contributed by atoms with Crippen LogP contribution in [-0.4, -0.2) is 36.9 Å². The fourth-order valence-corrected chi connectivity index (χ4v) is 2.21. The molecule has 1 aromatic carbocycles. The summed E-state index contributed by atoms with van der Waals surface area (Å²) in [4.78, 5) is 11.6. The highest BCUT2D eigenvalue weighted by molar-refractivity contribution is 5.78. The number of ether oxygens (including phenoxy) is 1. The van der Waals surface area contributed by atoms with Crippen molar-refractivity contribution in [2.75, 3.05) is 19.8 Å². The number of aliphatic hydroxyl groups is 1. The van der Waals surface area contributed by atoms with Crippen molar-refractivity contribution in [1.82, 2.24) is 5.32 Å². The van der Waals surface area contributed by atoms with Gasteiger partial charge >= 0.3 is 0 Å². The molecule has 0 spiro atoms. The lowest BCUT2D eigenvalue weighted by atomic mass is 10.1. The van der Waals surface area contributed by atoms with Gasteiger partial charge in [0.1, 0.15) is 6.61 Å². The molecular formula is C13H18N2O3. The van der Waals surface area contributed by atoms with Crippen molar-refractivity contribution >= 4 is 5.91 Å². The van der Waals surface area contributed by atoms with Crippen molar-refractivity contribution in [3.05, 3.63) is 35.4 Å². The van der Waals surface area contributed by atoms with Crippen LogP contribution in [0.5, 0.6) is 0 Å². The average Bonchev–Trinajstić information content (AvgIpc) is 2.67. The smallest absolute Gasteiger partial charge is 0.246 e. The third kappa shape index (κ3) is 2.87. The fourth-order valence-electron chi connectivity index (χ4n) is 2.21. The largest absolute Gasteiger partial charge is 0.390 e. The van der Waals surface area contributed by atoms with Crippen LogP contribution >= 0.6 is 0 Å². The molecule has 0 aromatic heterocycles. The first-order chi connectivity index (χ1) is 8.72. The van der Waals surface area contributed by atoms with Crippen LogP contribution in [0, 0.1) is 0 Å². The number of fused-ring (bicyclic) bond motifs is 1. The molecule has 98 valence electrons. The lowest BCUT2D eigenvalue weighted by molar-refractivity contribution is -0.127. The highest BCUT2D eigenvalue weighted by Crippen LogP contribution is 2.30. The van der Waals surface area contributed by atoms with Crippen LogP contribution in [0.2, 0.25) is 0 Å². The van der Waals surface area contributed by atoms with Crippen LogP contribution in [-0.2, 0) is 16.0 Å². The molecule has 0 saturated carbocycles. The number of nitrogens with one attached hydrogen (secondary N) is 1. The molecule has 0 unspecified atom stereocenters. The zero-order valence-electron chi connectivity index (χ0n) is 10.1. The van der Waals surface area contributed by atoms with Crippen LogP contribution in [0.25, 0.3) is 0 Å². The summed E-state index contributed by atoms with van der Waals surface area (Å²) in [6.45, 7) is 0.724. The van der Waals surface area contributed by atoms with E-state index in [4.69, 9.17) is 10.5 Å². The van der Waals surface area contributed by atoms with Gasteiger partial charge in [-0.3, -0.25) is 4.79 Å². The van der Waals surface area contributed by atoms with Crippen LogP contribution < -0.4 is 11.1 Å². The van der Waals surface area contributed by atoms with Crippen molar-refractivity contribution in [2.45, 2.75) is 18.6 Å². The van der Waals surface area contributed by atoms with Crippen LogP contribution in [0.3, 0.4) is 0 Å². The summed E-state index contributed by atoms with van der Waals surface area (Å²) in [6.07, 6.45) is 0.00553. The molecule has 5 nitrogen and oxygen atoms in total. The molecule has 1 aliphatic carbocycles. The lowest BCUT2D eigenvalue weighted by Crippen LogP contribution is -2.36. The first-order valence-electron chi connectivity index (χ1n) is 6.05. The second-order valence-electron chi connectivity index (χ2n) is 4.36. The highest BCUT2D eigenvalue weighted by Gasteiger charge is 2.31. The van der Waals surface area contributed by atoms with Crippen LogP contribution in [0.1, 0.15) is 17.2 Å². The van der Waals surface area contributed by atoms with E-state index >= 15 is 0 Å². The summed E-state index contributed by atoms with van der Waals surface area (Å²) < 4.78 is 5.06. The normalized spacial score (nSPS) is 21.7. The van der Waals surface area contributed by atoms with Crippen molar-refractivity contribution in [3.63, 3.8) is 0 Å². The van der Waals surface area contributed by atoms with Gasteiger partial charge in [-0.05, 0) is 11.1 Å². The van der Waals surface area contributed by atoms with E-state index in [0.29, 0.717) is 19.6 Å². The summed E-state index contributed by atoms with van der Waals surface area (Å²) in [5.41, 5.74) is 7.33. The maximum Gasteiger partial charge on any atom is 0.246 e. The number of carbonyl (C=O) groups is 1. The number of carbonyl (C=O) groups excluding carboxylic acids is 1. The van der Waals surface area contributed by atoms with Gasteiger partial charge < -0.3 is 20.9 Å². The average molecular weight is 250 g/mol. The van der Waals surface area contributed by atoms with E-state index in [2.05, 4.69) is 5.32 Å². The topological polar surface area (TPSA) is 84.6 Å². The monoisotopic (exact) mass is 250 g/mol.